The molecule has 2 aliphatic rings. The van der Waals surface area contributed by atoms with E-state index in [1.165, 1.54) is 0 Å². The minimum absolute atomic E-state index is 0.221. The summed E-state index contributed by atoms with van der Waals surface area (Å²) in [5, 5.41) is -0.364. The minimum atomic E-state index is -0.364. The highest BCUT2D eigenvalue weighted by atomic mass is 35.5. The van der Waals surface area contributed by atoms with Crippen molar-refractivity contribution in [3.05, 3.63) is 24.3 Å². The number of likely N-dealkylation sites (tertiary alicyclic amines) is 1. The molecule has 0 saturated carbocycles. The van der Waals surface area contributed by atoms with E-state index in [4.69, 9.17) is 16.3 Å². The first-order valence-electron chi connectivity index (χ1n) is 7.04. The number of hydrogen-bond donors (Lipinski definition) is 0. The van der Waals surface area contributed by atoms with Gasteiger partial charge >= 0.3 is 6.09 Å². The lowest BCUT2D eigenvalue weighted by Crippen LogP contribution is -2.42. The Morgan fingerprint density at radius 1 is 1.35 bits per heavy atom. The quantitative estimate of drug-likeness (QED) is 0.752. The number of carbonyl (C=O) groups excluding carboxylic acids is 2. The summed E-state index contributed by atoms with van der Waals surface area (Å²) < 4.78 is 5.37. The fraction of sp³-hybridized carbons (Fsp3) is 0.600. The Bertz CT molecular complexity index is 433. The number of nitrogens with zero attached hydrogens (tertiary/aromatic N) is 1. The molecule has 2 rings (SSSR count). The van der Waals surface area contributed by atoms with Crippen LogP contribution in [0.15, 0.2) is 24.3 Å². The molecule has 1 aliphatic heterocycles. The van der Waals surface area contributed by atoms with Crippen LogP contribution in [0.5, 0.6) is 0 Å². The molecule has 0 radical (unpaired) electrons. The lowest BCUT2D eigenvalue weighted by atomic mass is 9.91. The molecule has 110 valence electrons. The summed E-state index contributed by atoms with van der Waals surface area (Å²) in [4.78, 5) is 24.8. The van der Waals surface area contributed by atoms with Gasteiger partial charge in [-0.3, -0.25) is 4.79 Å². The molecule has 1 amide bonds. The number of amides is 1. The molecule has 1 heterocycles. The van der Waals surface area contributed by atoms with Crippen molar-refractivity contribution in [3.63, 3.8) is 0 Å². The predicted octanol–water partition coefficient (Wildman–Crippen LogP) is 2.98. The molecule has 0 aromatic carbocycles. The lowest BCUT2D eigenvalue weighted by Gasteiger charge is -2.31. The molecule has 4 nitrogen and oxygen atoms in total. The van der Waals surface area contributed by atoms with Crippen LogP contribution < -0.4 is 0 Å². The Morgan fingerprint density at radius 2 is 2.10 bits per heavy atom. The second kappa shape index (κ2) is 6.93. The smallest absolute Gasteiger partial charge is 0.409 e. The van der Waals surface area contributed by atoms with Gasteiger partial charge in [-0.15, -0.1) is 0 Å². The third-order valence-corrected chi connectivity index (χ3v) is 4.27. The van der Waals surface area contributed by atoms with Crippen LogP contribution in [0.2, 0.25) is 0 Å². The Kier molecular flexibility index (Phi) is 5.24. The molecular weight excluding hydrogens is 278 g/mol. The molecular formula is C15H20ClNO3. The molecule has 1 aliphatic carbocycles. The van der Waals surface area contributed by atoms with Gasteiger partial charge in [0, 0.05) is 19.0 Å². The summed E-state index contributed by atoms with van der Waals surface area (Å²) in [6, 6.07) is 0. The summed E-state index contributed by atoms with van der Waals surface area (Å²) in [7, 11) is 0. The first kappa shape index (κ1) is 15.1. The van der Waals surface area contributed by atoms with Gasteiger partial charge in [0.25, 0.3) is 0 Å². The number of hydrogen-bond acceptors (Lipinski definition) is 3. The molecule has 2 unspecified atom stereocenters. The van der Waals surface area contributed by atoms with E-state index in [1.807, 2.05) is 12.2 Å². The lowest BCUT2D eigenvalue weighted by molar-refractivity contribution is -0.116. The normalized spacial score (nSPS) is 29.3. The van der Waals surface area contributed by atoms with E-state index in [0.717, 1.165) is 12.8 Å². The van der Waals surface area contributed by atoms with Crippen LogP contribution in [0.25, 0.3) is 0 Å². The van der Waals surface area contributed by atoms with Crippen molar-refractivity contribution >= 4 is 22.9 Å². The van der Waals surface area contributed by atoms with Gasteiger partial charge in [-0.2, -0.15) is 0 Å². The summed E-state index contributed by atoms with van der Waals surface area (Å²) in [6.45, 7) is 3.48. The van der Waals surface area contributed by atoms with Gasteiger partial charge in [0.2, 0.25) is 5.24 Å². The van der Waals surface area contributed by atoms with Gasteiger partial charge in [0.05, 0.1) is 5.92 Å². The fourth-order valence-electron chi connectivity index (χ4n) is 2.56. The van der Waals surface area contributed by atoms with Gasteiger partial charge in [0.15, 0.2) is 0 Å². The topological polar surface area (TPSA) is 46.6 Å². The third-order valence-electron chi connectivity index (χ3n) is 3.96. The minimum Gasteiger partial charge on any atom is -0.449 e. The predicted molar refractivity (Wildman–Crippen MR) is 77.4 cm³/mol. The third kappa shape index (κ3) is 3.85. The van der Waals surface area contributed by atoms with Crippen LogP contribution in [0, 0.1) is 17.8 Å². The van der Waals surface area contributed by atoms with E-state index in [9.17, 15) is 9.59 Å². The van der Waals surface area contributed by atoms with E-state index in [1.54, 1.807) is 4.90 Å². The summed E-state index contributed by atoms with van der Waals surface area (Å²) in [5.74, 6) is 0.333. The molecule has 5 heteroatoms. The van der Waals surface area contributed by atoms with E-state index in [0.29, 0.717) is 25.6 Å². The number of piperidine rings is 1. The monoisotopic (exact) mass is 297 g/mol. The Balaban J connectivity index is 1.81. The van der Waals surface area contributed by atoms with Crippen molar-refractivity contribution in [2.75, 3.05) is 19.7 Å². The first-order chi connectivity index (χ1) is 9.58. The average molecular weight is 298 g/mol. The highest BCUT2D eigenvalue weighted by molar-refractivity contribution is 6.64. The number of allylic oxidation sites excluding steroid dienone is 3. The molecule has 0 bridgehead atoms. The number of halogens is 1. The van der Waals surface area contributed by atoms with Crippen molar-refractivity contribution in [1.82, 2.24) is 4.90 Å². The van der Waals surface area contributed by atoms with Crippen LogP contribution in [0.1, 0.15) is 19.8 Å². The molecule has 20 heavy (non-hydrogen) atoms. The largest absolute Gasteiger partial charge is 0.449 e. The zero-order valence-corrected chi connectivity index (χ0v) is 12.4. The molecule has 1 fully saturated rings. The van der Waals surface area contributed by atoms with Crippen molar-refractivity contribution in [1.29, 1.82) is 0 Å². The summed E-state index contributed by atoms with van der Waals surface area (Å²) >= 11 is 5.51. The average Bonchev–Trinajstić information content (AvgIpc) is 2.46. The maximum absolute atomic E-state index is 12.0. The van der Waals surface area contributed by atoms with Crippen LogP contribution >= 0.6 is 11.6 Å². The zero-order valence-electron chi connectivity index (χ0n) is 11.6. The van der Waals surface area contributed by atoms with Gasteiger partial charge in [0.1, 0.15) is 6.61 Å². The Labute approximate surface area is 124 Å². The number of rotatable bonds is 3. The van der Waals surface area contributed by atoms with Crippen molar-refractivity contribution in [3.8, 4) is 0 Å². The van der Waals surface area contributed by atoms with Gasteiger partial charge in [-0.1, -0.05) is 31.2 Å². The van der Waals surface area contributed by atoms with Gasteiger partial charge in [-0.05, 0) is 30.4 Å². The van der Waals surface area contributed by atoms with E-state index < -0.39 is 0 Å². The SMILES string of the molecule is C[C@H]1C=CC=CC1COC(=O)N1CCCC(C(=O)Cl)C1. The van der Waals surface area contributed by atoms with E-state index in [2.05, 4.69) is 19.1 Å². The molecule has 0 aromatic rings. The standard InChI is InChI=1S/C15H20ClNO3/c1-11-5-2-3-6-13(11)10-20-15(19)17-8-4-7-12(9-17)14(16)18/h2-3,5-6,11-13H,4,7-10H2,1H3/t11-,12?,13?/m0/s1. The van der Waals surface area contributed by atoms with Crippen LogP contribution in [0.3, 0.4) is 0 Å². The number of carbonyl (C=O) groups is 2. The first-order valence-corrected chi connectivity index (χ1v) is 7.41. The molecule has 1 saturated heterocycles. The van der Waals surface area contributed by atoms with Crippen molar-refractivity contribution in [2.45, 2.75) is 19.8 Å². The fourth-order valence-corrected chi connectivity index (χ4v) is 2.74. The summed E-state index contributed by atoms with van der Waals surface area (Å²) in [5.41, 5.74) is 0. The van der Waals surface area contributed by atoms with Gasteiger partial charge in [-0.25, -0.2) is 4.79 Å². The van der Waals surface area contributed by atoms with E-state index >= 15 is 0 Å². The van der Waals surface area contributed by atoms with Crippen LogP contribution in [-0.2, 0) is 9.53 Å². The highest BCUT2D eigenvalue weighted by Crippen LogP contribution is 2.22. The maximum Gasteiger partial charge on any atom is 0.409 e. The second-order valence-corrected chi connectivity index (χ2v) is 5.83. The molecule has 0 spiro atoms. The second-order valence-electron chi connectivity index (χ2n) is 5.46. The maximum atomic E-state index is 12.0. The Hall–Kier alpha value is -1.29. The van der Waals surface area contributed by atoms with E-state index in [-0.39, 0.29) is 23.2 Å². The highest BCUT2D eigenvalue weighted by Gasteiger charge is 2.28. The van der Waals surface area contributed by atoms with Crippen molar-refractivity contribution < 1.29 is 14.3 Å². The molecule has 0 N–H and O–H groups in total. The molecule has 0 aromatic heterocycles. The molecule has 3 atom stereocenters. The van der Waals surface area contributed by atoms with Gasteiger partial charge < -0.3 is 9.64 Å². The van der Waals surface area contributed by atoms with Crippen LogP contribution in [-0.4, -0.2) is 35.9 Å². The van der Waals surface area contributed by atoms with Crippen LogP contribution in [0.4, 0.5) is 4.79 Å². The Morgan fingerprint density at radius 3 is 2.80 bits per heavy atom. The summed E-state index contributed by atoms with van der Waals surface area (Å²) in [6.07, 6.45) is 9.33. The zero-order chi connectivity index (χ0) is 14.5. The van der Waals surface area contributed by atoms with Crippen molar-refractivity contribution in [2.24, 2.45) is 17.8 Å². The number of ether oxygens (including phenoxy) is 1.